The lowest BCUT2D eigenvalue weighted by molar-refractivity contribution is 0.613. The van der Waals surface area contributed by atoms with E-state index in [-0.39, 0.29) is 5.75 Å². The van der Waals surface area contributed by atoms with Gasteiger partial charge in [0.25, 0.3) is 0 Å². The van der Waals surface area contributed by atoms with Gasteiger partial charge in [-0.25, -0.2) is 8.42 Å². The van der Waals surface area contributed by atoms with Crippen molar-refractivity contribution in [3.8, 4) is 0 Å². The van der Waals surface area contributed by atoms with Gasteiger partial charge in [-0.2, -0.15) is 0 Å². The molecule has 0 heterocycles. The largest absolute Gasteiger partial charge is 0.232 e. The highest BCUT2D eigenvalue weighted by Crippen LogP contribution is 2.41. The van der Waals surface area contributed by atoms with Crippen LogP contribution in [-0.4, -0.2) is 8.42 Å². The zero-order valence-corrected chi connectivity index (χ0v) is 9.09. The molecule has 1 aliphatic rings. The van der Waals surface area contributed by atoms with Crippen LogP contribution in [0.5, 0.6) is 0 Å². The third-order valence-electron chi connectivity index (χ3n) is 2.28. The molecule has 4 heteroatoms. The van der Waals surface area contributed by atoms with E-state index in [2.05, 4.69) is 6.42 Å². The maximum atomic E-state index is 10.7. The van der Waals surface area contributed by atoms with Gasteiger partial charge in [-0.05, 0) is 42.0 Å². The lowest BCUT2D eigenvalue weighted by Gasteiger charge is -2.05. The summed E-state index contributed by atoms with van der Waals surface area (Å²) < 4.78 is 21.3. The molecule has 2 nitrogen and oxygen atoms in total. The molecule has 0 amide bonds. The molecular formula is C10H10ClO2S. The van der Waals surface area contributed by atoms with Gasteiger partial charge in [0.2, 0.25) is 0 Å². The SMILES string of the molecule is O=[SH](=O)Cc1cc(Cl)ccc1C1[CH]C1. The lowest BCUT2D eigenvalue weighted by Crippen LogP contribution is -1.93. The van der Waals surface area contributed by atoms with Crippen molar-refractivity contribution in [2.24, 2.45) is 0 Å². The summed E-state index contributed by atoms with van der Waals surface area (Å²) in [7, 11) is -2.37. The number of thiol groups is 1. The summed E-state index contributed by atoms with van der Waals surface area (Å²) in [6.07, 6.45) is 3.20. The van der Waals surface area contributed by atoms with Crippen molar-refractivity contribution < 1.29 is 8.42 Å². The average Bonchev–Trinajstić information content (AvgIpc) is 2.86. The average molecular weight is 230 g/mol. The molecular weight excluding hydrogens is 220 g/mol. The Labute approximate surface area is 89.8 Å². The van der Waals surface area contributed by atoms with Gasteiger partial charge in [0.1, 0.15) is 10.7 Å². The summed E-state index contributed by atoms with van der Waals surface area (Å²) in [6, 6.07) is 5.48. The van der Waals surface area contributed by atoms with E-state index in [1.165, 1.54) is 0 Å². The van der Waals surface area contributed by atoms with E-state index in [9.17, 15) is 8.42 Å². The van der Waals surface area contributed by atoms with Gasteiger partial charge in [0.05, 0.1) is 5.75 Å². The predicted molar refractivity (Wildman–Crippen MR) is 57.1 cm³/mol. The lowest BCUT2D eigenvalue weighted by atomic mass is 10.1. The van der Waals surface area contributed by atoms with Crippen LogP contribution in [0.25, 0.3) is 0 Å². The van der Waals surface area contributed by atoms with Crippen LogP contribution < -0.4 is 0 Å². The zero-order valence-electron chi connectivity index (χ0n) is 7.44. The summed E-state index contributed by atoms with van der Waals surface area (Å²) in [5, 5.41) is 0.598. The van der Waals surface area contributed by atoms with Gasteiger partial charge in [0, 0.05) is 5.02 Å². The number of rotatable bonds is 3. The summed E-state index contributed by atoms with van der Waals surface area (Å²) in [6.45, 7) is 0. The standard InChI is InChI=1S/C10H10ClO2S/c11-9-3-4-10(7-1-2-7)8(5-9)6-14(12)13/h1,3-5,7,14H,2,6H2. The maximum Gasteiger partial charge on any atom is 0.144 e. The van der Waals surface area contributed by atoms with Crippen molar-refractivity contribution in [1.82, 2.24) is 0 Å². The van der Waals surface area contributed by atoms with Crippen LogP contribution in [0.4, 0.5) is 0 Å². The van der Waals surface area contributed by atoms with E-state index in [1.54, 1.807) is 6.07 Å². The molecule has 1 radical (unpaired) electrons. The van der Waals surface area contributed by atoms with Gasteiger partial charge < -0.3 is 0 Å². The molecule has 0 aliphatic heterocycles. The molecule has 1 aromatic carbocycles. The van der Waals surface area contributed by atoms with Gasteiger partial charge in [-0.15, -0.1) is 0 Å². The van der Waals surface area contributed by atoms with Crippen LogP contribution in [0.1, 0.15) is 23.5 Å². The molecule has 0 aromatic heterocycles. The molecule has 1 aliphatic carbocycles. The van der Waals surface area contributed by atoms with E-state index < -0.39 is 10.7 Å². The fourth-order valence-corrected chi connectivity index (χ4v) is 2.28. The second kappa shape index (κ2) is 3.91. The number of halogens is 1. The van der Waals surface area contributed by atoms with Gasteiger partial charge in [-0.3, -0.25) is 0 Å². The minimum absolute atomic E-state index is 0.0928. The third-order valence-corrected chi connectivity index (χ3v) is 3.11. The van der Waals surface area contributed by atoms with E-state index in [0.29, 0.717) is 10.9 Å². The van der Waals surface area contributed by atoms with Crippen molar-refractivity contribution in [2.45, 2.75) is 18.1 Å². The highest BCUT2D eigenvalue weighted by atomic mass is 35.5. The normalized spacial score (nSPS) is 16.1. The molecule has 14 heavy (non-hydrogen) atoms. The first-order valence-electron chi connectivity index (χ1n) is 4.40. The number of hydrogen-bond donors (Lipinski definition) is 1. The molecule has 1 atom stereocenters. The quantitative estimate of drug-likeness (QED) is 0.806. The van der Waals surface area contributed by atoms with Gasteiger partial charge >= 0.3 is 0 Å². The molecule has 0 spiro atoms. The Morgan fingerprint density at radius 2 is 2.14 bits per heavy atom. The Bertz CT molecular complexity index is 414. The molecule has 1 saturated carbocycles. The highest BCUT2D eigenvalue weighted by molar-refractivity contribution is 7.71. The van der Waals surface area contributed by atoms with Crippen LogP contribution in [0, 0.1) is 6.42 Å². The smallest absolute Gasteiger partial charge is 0.144 e. The molecule has 1 fully saturated rings. The zero-order chi connectivity index (χ0) is 10.1. The molecule has 0 bridgehead atoms. The van der Waals surface area contributed by atoms with Crippen molar-refractivity contribution in [1.29, 1.82) is 0 Å². The Morgan fingerprint density at radius 3 is 2.71 bits per heavy atom. The fraction of sp³-hybridized carbons (Fsp3) is 0.300. The molecule has 1 aromatic rings. The molecule has 2 rings (SSSR count). The monoisotopic (exact) mass is 229 g/mol. The van der Waals surface area contributed by atoms with Crippen LogP contribution >= 0.6 is 11.6 Å². The molecule has 75 valence electrons. The van der Waals surface area contributed by atoms with Crippen molar-refractivity contribution in [3.63, 3.8) is 0 Å². The first-order chi connectivity index (χ1) is 6.66. The van der Waals surface area contributed by atoms with E-state index in [0.717, 1.165) is 17.5 Å². The van der Waals surface area contributed by atoms with Gasteiger partial charge in [-0.1, -0.05) is 17.7 Å². The second-order valence-electron chi connectivity index (χ2n) is 3.41. The van der Waals surface area contributed by atoms with Crippen molar-refractivity contribution in [2.75, 3.05) is 0 Å². The van der Waals surface area contributed by atoms with Crippen LogP contribution in [-0.2, 0) is 16.5 Å². The summed E-state index contributed by atoms with van der Waals surface area (Å²) >= 11 is 5.82. The Kier molecular flexibility index (Phi) is 2.79. The number of benzene rings is 1. The minimum Gasteiger partial charge on any atom is -0.232 e. The third kappa shape index (κ3) is 2.28. The summed E-state index contributed by atoms with van der Waals surface area (Å²) in [5.74, 6) is 0.535. The van der Waals surface area contributed by atoms with Crippen molar-refractivity contribution >= 4 is 22.3 Å². The summed E-state index contributed by atoms with van der Waals surface area (Å²) in [5.41, 5.74) is 1.95. The Hall–Kier alpha value is -0.540. The topological polar surface area (TPSA) is 34.1 Å². The first kappa shape index (κ1) is 9.99. The Balaban J connectivity index is 2.37. The van der Waals surface area contributed by atoms with Crippen LogP contribution in [0.15, 0.2) is 18.2 Å². The van der Waals surface area contributed by atoms with E-state index in [1.807, 2.05) is 12.1 Å². The highest BCUT2D eigenvalue weighted by Gasteiger charge is 2.26. The molecule has 0 N–H and O–H groups in total. The number of hydrogen-bond acceptors (Lipinski definition) is 2. The van der Waals surface area contributed by atoms with Crippen LogP contribution in [0.2, 0.25) is 5.02 Å². The van der Waals surface area contributed by atoms with E-state index >= 15 is 0 Å². The maximum absolute atomic E-state index is 10.7. The first-order valence-corrected chi connectivity index (χ1v) is 6.14. The summed E-state index contributed by atoms with van der Waals surface area (Å²) in [4.78, 5) is 0. The fourth-order valence-electron chi connectivity index (χ4n) is 1.53. The molecule has 1 unspecified atom stereocenters. The molecule has 0 saturated heterocycles. The Morgan fingerprint density at radius 1 is 1.43 bits per heavy atom. The minimum atomic E-state index is -2.37. The predicted octanol–water partition coefficient (Wildman–Crippen LogP) is 2.14. The second-order valence-corrected chi connectivity index (χ2v) is 4.83. The van der Waals surface area contributed by atoms with Gasteiger partial charge in [0.15, 0.2) is 0 Å². The van der Waals surface area contributed by atoms with Crippen molar-refractivity contribution in [3.05, 3.63) is 40.8 Å². The van der Waals surface area contributed by atoms with E-state index in [4.69, 9.17) is 11.6 Å². The van der Waals surface area contributed by atoms with Crippen LogP contribution in [0.3, 0.4) is 0 Å².